The molecule has 2 aromatic heterocycles. The van der Waals surface area contributed by atoms with Gasteiger partial charge in [-0.05, 0) is 72.5 Å². The summed E-state index contributed by atoms with van der Waals surface area (Å²) in [4.78, 5) is 12.6. The first-order valence-corrected chi connectivity index (χ1v) is 7.71. The largest absolute Gasteiger partial charge is 0.288 e. The molecule has 1 nitrogen and oxygen atoms in total. The van der Waals surface area contributed by atoms with Crippen molar-refractivity contribution in [3.8, 4) is 0 Å². The zero-order valence-electron chi connectivity index (χ0n) is 7.94. The fraction of sp³-hybridized carbons (Fsp3) is 0. The molecule has 0 atom stereocenters. The number of carbonyl (C=O) groups is 1. The molecular weight excluding hydrogens is 372 g/mol. The molecule has 0 fully saturated rings. The minimum atomic E-state index is 0.0278. The smallest absolute Gasteiger partial charge is 0.196 e. The van der Waals surface area contributed by atoms with Crippen LogP contribution < -0.4 is 0 Å². The number of thiophene rings is 2. The zero-order valence-corrected chi connectivity index (χ0v) is 12.7. The van der Waals surface area contributed by atoms with Crippen LogP contribution in [-0.4, -0.2) is 5.78 Å². The van der Waals surface area contributed by atoms with Crippen molar-refractivity contribution in [1.29, 1.82) is 0 Å². The van der Waals surface area contributed by atoms with E-state index in [0.29, 0.717) is 0 Å². The van der Waals surface area contributed by atoms with Gasteiger partial charge in [0.15, 0.2) is 5.78 Å². The van der Waals surface area contributed by atoms with Crippen molar-refractivity contribution in [2.75, 3.05) is 0 Å². The Hall–Kier alpha value is -0.230. The van der Waals surface area contributed by atoms with Crippen molar-refractivity contribution in [1.82, 2.24) is 0 Å². The monoisotopic (exact) mass is 376 g/mol. The maximum absolute atomic E-state index is 11.8. The summed E-state index contributed by atoms with van der Waals surface area (Å²) in [6.07, 6.45) is 3.43. The SMILES string of the molecule is O=C(/C=C/c1ccsc1Br)c1sccc1Br. The van der Waals surface area contributed by atoms with Gasteiger partial charge in [0, 0.05) is 4.47 Å². The minimum absolute atomic E-state index is 0.0278. The van der Waals surface area contributed by atoms with Gasteiger partial charge < -0.3 is 0 Å². The minimum Gasteiger partial charge on any atom is -0.288 e. The van der Waals surface area contributed by atoms with Gasteiger partial charge in [0.05, 0.1) is 8.66 Å². The number of hydrogen-bond donors (Lipinski definition) is 0. The molecule has 0 aliphatic carbocycles. The summed E-state index contributed by atoms with van der Waals surface area (Å²) >= 11 is 9.82. The van der Waals surface area contributed by atoms with Gasteiger partial charge in [-0.15, -0.1) is 22.7 Å². The highest BCUT2D eigenvalue weighted by Crippen LogP contribution is 2.26. The Balaban J connectivity index is 2.17. The molecular formula is C11H6Br2OS2. The number of allylic oxidation sites excluding steroid dienone is 1. The van der Waals surface area contributed by atoms with Crippen LogP contribution in [0.25, 0.3) is 6.08 Å². The molecule has 0 amide bonds. The van der Waals surface area contributed by atoms with Crippen molar-refractivity contribution in [3.05, 3.63) is 47.7 Å². The standard InChI is InChI=1S/C11H6Br2OS2/c12-8-4-6-15-10(8)9(14)2-1-7-3-5-16-11(7)13/h1-6H/b2-1+. The molecule has 0 radical (unpaired) electrons. The first-order valence-electron chi connectivity index (χ1n) is 4.37. The fourth-order valence-electron chi connectivity index (χ4n) is 1.13. The highest BCUT2D eigenvalue weighted by molar-refractivity contribution is 9.11. The molecule has 0 N–H and O–H groups in total. The van der Waals surface area contributed by atoms with Crippen LogP contribution in [0, 0.1) is 0 Å². The molecule has 0 saturated carbocycles. The topological polar surface area (TPSA) is 17.1 Å². The van der Waals surface area contributed by atoms with Gasteiger partial charge in [0.2, 0.25) is 0 Å². The Kier molecular flexibility index (Phi) is 4.13. The third-order valence-electron chi connectivity index (χ3n) is 1.90. The number of ketones is 1. The molecule has 82 valence electrons. The van der Waals surface area contributed by atoms with Crippen LogP contribution in [0.3, 0.4) is 0 Å². The van der Waals surface area contributed by atoms with E-state index >= 15 is 0 Å². The van der Waals surface area contributed by atoms with Crippen LogP contribution in [0.15, 0.2) is 37.2 Å². The van der Waals surface area contributed by atoms with Gasteiger partial charge in [-0.1, -0.05) is 0 Å². The van der Waals surface area contributed by atoms with E-state index in [2.05, 4.69) is 31.9 Å². The quantitative estimate of drug-likeness (QED) is 0.528. The van der Waals surface area contributed by atoms with Crippen LogP contribution in [0.4, 0.5) is 0 Å². The summed E-state index contributed by atoms with van der Waals surface area (Å²) in [6, 6.07) is 3.86. The van der Waals surface area contributed by atoms with E-state index in [1.165, 1.54) is 11.3 Å². The lowest BCUT2D eigenvalue weighted by Gasteiger charge is -1.91. The summed E-state index contributed by atoms with van der Waals surface area (Å²) in [5, 5.41) is 3.88. The molecule has 0 bridgehead atoms. The second kappa shape index (κ2) is 5.40. The molecule has 16 heavy (non-hydrogen) atoms. The van der Waals surface area contributed by atoms with Gasteiger partial charge in [-0.3, -0.25) is 4.79 Å². The van der Waals surface area contributed by atoms with Gasteiger partial charge in [0.25, 0.3) is 0 Å². The predicted octanol–water partition coefficient (Wildman–Crippen LogP) is 5.23. The second-order valence-electron chi connectivity index (χ2n) is 2.94. The van der Waals surface area contributed by atoms with E-state index in [1.54, 1.807) is 17.4 Å². The summed E-state index contributed by atoms with van der Waals surface area (Å²) < 4.78 is 1.90. The van der Waals surface area contributed by atoms with E-state index < -0.39 is 0 Å². The average molecular weight is 378 g/mol. The van der Waals surface area contributed by atoms with Gasteiger partial charge >= 0.3 is 0 Å². The Morgan fingerprint density at radius 2 is 1.94 bits per heavy atom. The van der Waals surface area contributed by atoms with E-state index in [0.717, 1.165) is 18.7 Å². The van der Waals surface area contributed by atoms with Crippen LogP contribution >= 0.6 is 54.5 Å². The zero-order chi connectivity index (χ0) is 11.5. The highest BCUT2D eigenvalue weighted by Gasteiger charge is 2.08. The number of rotatable bonds is 3. The molecule has 0 aliphatic rings. The average Bonchev–Trinajstić information content (AvgIpc) is 2.84. The lowest BCUT2D eigenvalue weighted by atomic mass is 10.2. The first kappa shape index (κ1) is 12.2. The second-order valence-corrected chi connectivity index (χ2v) is 6.95. The molecule has 0 spiro atoms. The predicted molar refractivity (Wildman–Crippen MR) is 77.4 cm³/mol. The lowest BCUT2D eigenvalue weighted by molar-refractivity contribution is 0.105. The summed E-state index contributed by atoms with van der Waals surface area (Å²) in [7, 11) is 0. The molecule has 2 heterocycles. The third kappa shape index (κ3) is 2.71. The normalized spacial score (nSPS) is 11.1. The van der Waals surface area contributed by atoms with Crippen molar-refractivity contribution >= 4 is 66.4 Å². The summed E-state index contributed by atoms with van der Waals surface area (Å²) in [5.74, 6) is 0.0278. The molecule has 2 rings (SSSR count). The molecule has 0 aliphatic heterocycles. The summed E-state index contributed by atoms with van der Waals surface area (Å²) in [5.41, 5.74) is 1.03. The van der Waals surface area contributed by atoms with Crippen molar-refractivity contribution in [2.45, 2.75) is 0 Å². The van der Waals surface area contributed by atoms with E-state index in [-0.39, 0.29) is 5.78 Å². The molecule has 0 saturated heterocycles. The highest BCUT2D eigenvalue weighted by atomic mass is 79.9. The van der Waals surface area contributed by atoms with Crippen LogP contribution in [0.1, 0.15) is 15.2 Å². The maximum Gasteiger partial charge on any atom is 0.196 e. The van der Waals surface area contributed by atoms with Gasteiger partial charge in [0.1, 0.15) is 0 Å². The number of halogens is 2. The van der Waals surface area contributed by atoms with Crippen molar-refractivity contribution < 1.29 is 4.79 Å². The van der Waals surface area contributed by atoms with Crippen molar-refractivity contribution in [2.24, 2.45) is 0 Å². The van der Waals surface area contributed by atoms with E-state index in [9.17, 15) is 4.79 Å². The van der Waals surface area contributed by atoms with Gasteiger partial charge in [-0.2, -0.15) is 0 Å². The van der Waals surface area contributed by atoms with Crippen LogP contribution in [-0.2, 0) is 0 Å². The molecule has 5 heteroatoms. The Morgan fingerprint density at radius 3 is 2.50 bits per heavy atom. The first-order chi connectivity index (χ1) is 7.68. The Bertz CT molecular complexity index is 540. The van der Waals surface area contributed by atoms with E-state index in [4.69, 9.17) is 0 Å². The van der Waals surface area contributed by atoms with E-state index in [1.807, 2.05) is 29.0 Å². The Labute approximate surface area is 118 Å². The summed E-state index contributed by atoms with van der Waals surface area (Å²) in [6.45, 7) is 0. The lowest BCUT2D eigenvalue weighted by Crippen LogP contribution is -1.90. The van der Waals surface area contributed by atoms with Crippen molar-refractivity contribution in [3.63, 3.8) is 0 Å². The molecule has 0 aromatic carbocycles. The number of carbonyl (C=O) groups excluding carboxylic acids is 1. The number of hydrogen-bond acceptors (Lipinski definition) is 3. The molecule has 2 aromatic rings. The molecule has 0 unspecified atom stereocenters. The van der Waals surface area contributed by atoms with Gasteiger partial charge in [-0.25, -0.2) is 0 Å². The Morgan fingerprint density at radius 1 is 1.19 bits per heavy atom. The third-order valence-corrected chi connectivity index (χ3v) is 5.49. The maximum atomic E-state index is 11.8. The fourth-order valence-corrected chi connectivity index (χ4v) is 3.81. The van der Waals surface area contributed by atoms with Crippen LogP contribution in [0.5, 0.6) is 0 Å². The van der Waals surface area contributed by atoms with Crippen LogP contribution in [0.2, 0.25) is 0 Å².